The molecule has 4 aliphatic rings. The van der Waals surface area contributed by atoms with Gasteiger partial charge in [-0.2, -0.15) is 0 Å². The summed E-state index contributed by atoms with van der Waals surface area (Å²) in [6.07, 6.45) is 6.95. The maximum atomic E-state index is 14.2. The predicted molar refractivity (Wildman–Crippen MR) is 89.9 cm³/mol. The lowest BCUT2D eigenvalue weighted by Gasteiger charge is -2.57. The van der Waals surface area contributed by atoms with Crippen LogP contribution < -0.4 is 5.19 Å². The van der Waals surface area contributed by atoms with Gasteiger partial charge in [-0.25, -0.2) is 22.0 Å². The minimum atomic E-state index is -3.30. The standard InChI is InChI=1S/C19H23F5OSi/c1-26(2,18-16(23)14(21)13(20)15(22)17(18)24)25-9-19-6-10-3-11(7-19)5-12(4-10)8-19/h10-12H,3-9H2,1-2H3. The lowest BCUT2D eigenvalue weighted by molar-refractivity contribution is -0.0758. The van der Waals surface area contributed by atoms with Gasteiger partial charge in [0.05, 0.1) is 0 Å². The number of halogens is 5. The van der Waals surface area contributed by atoms with Crippen LogP contribution >= 0.6 is 0 Å². The quantitative estimate of drug-likeness (QED) is 0.303. The average molecular weight is 390 g/mol. The Kier molecular flexibility index (Phi) is 4.27. The van der Waals surface area contributed by atoms with Gasteiger partial charge in [0.15, 0.2) is 23.3 Å². The molecule has 4 bridgehead atoms. The SMILES string of the molecule is C[Si](C)(OCC12CC3CC(CC(C3)C1)C2)c1c(F)c(F)c(F)c(F)c1F. The van der Waals surface area contributed by atoms with Crippen LogP contribution in [-0.4, -0.2) is 14.9 Å². The van der Waals surface area contributed by atoms with Crippen molar-refractivity contribution in [2.75, 3.05) is 6.61 Å². The number of rotatable bonds is 4. The van der Waals surface area contributed by atoms with Crippen molar-refractivity contribution in [2.45, 2.75) is 51.6 Å². The van der Waals surface area contributed by atoms with Gasteiger partial charge in [-0.05, 0) is 74.8 Å². The van der Waals surface area contributed by atoms with Crippen LogP contribution in [0.2, 0.25) is 13.1 Å². The second-order valence-electron chi connectivity index (χ2n) is 9.16. The fourth-order valence-corrected chi connectivity index (χ4v) is 8.09. The maximum Gasteiger partial charge on any atom is 0.224 e. The molecule has 4 aliphatic carbocycles. The molecule has 0 amide bonds. The van der Waals surface area contributed by atoms with Gasteiger partial charge < -0.3 is 4.43 Å². The monoisotopic (exact) mass is 390 g/mol. The van der Waals surface area contributed by atoms with Gasteiger partial charge in [-0.3, -0.25) is 0 Å². The second-order valence-corrected chi connectivity index (χ2v) is 13.0. The van der Waals surface area contributed by atoms with Crippen molar-refractivity contribution in [1.29, 1.82) is 0 Å². The van der Waals surface area contributed by atoms with E-state index >= 15 is 0 Å². The van der Waals surface area contributed by atoms with Crippen LogP contribution in [0.4, 0.5) is 22.0 Å². The lowest BCUT2D eigenvalue weighted by Crippen LogP contribution is -2.54. The fraction of sp³-hybridized carbons (Fsp3) is 0.684. The van der Waals surface area contributed by atoms with Crippen molar-refractivity contribution < 1.29 is 26.4 Å². The van der Waals surface area contributed by atoms with E-state index in [4.69, 9.17) is 4.43 Å². The molecule has 0 saturated heterocycles. The van der Waals surface area contributed by atoms with E-state index in [1.165, 1.54) is 32.4 Å². The van der Waals surface area contributed by atoms with E-state index in [2.05, 4.69) is 0 Å². The van der Waals surface area contributed by atoms with Crippen molar-refractivity contribution in [3.05, 3.63) is 29.1 Å². The fourth-order valence-electron chi connectivity index (χ4n) is 6.01. The van der Waals surface area contributed by atoms with E-state index in [1.54, 1.807) is 0 Å². The molecule has 0 radical (unpaired) electrons. The van der Waals surface area contributed by atoms with E-state index < -0.39 is 42.6 Å². The Morgan fingerprint density at radius 3 is 1.58 bits per heavy atom. The van der Waals surface area contributed by atoms with Gasteiger partial charge >= 0.3 is 0 Å². The summed E-state index contributed by atoms with van der Waals surface area (Å²) in [6.45, 7) is 3.37. The molecule has 26 heavy (non-hydrogen) atoms. The third kappa shape index (κ3) is 2.82. The van der Waals surface area contributed by atoms with Crippen LogP contribution in [0.15, 0.2) is 0 Å². The summed E-state index contributed by atoms with van der Waals surface area (Å²) in [5.41, 5.74) is 0.0170. The first kappa shape index (κ1) is 18.4. The molecule has 0 N–H and O–H groups in total. The van der Waals surface area contributed by atoms with E-state index in [0.717, 1.165) is 19.3 Å². The summed E-state index contributed by atoms with van der Waals surface area (Å²) in [4.78, 5) is 0. The molecular formula is C19H23F5OSi. The highest BCUT2D eigenvalue weighted by Crippen LogP contribution is 2.60. The first-order valence-electron chi connectivity index (χ1n) is 9.28. The Bertz CT molecular complexity index is 684. The van der Waals surface area contributed by atoms with Gasteiger partial charge in [0.2, 0.25) is 14.1 Å². The highest BCUT2D eigenvalue weighted by Gasteiger charge is 2.52. The number of hydrogen-bond acceptors (Lipinski definition) is 1. The van der Waals surface area contributed by atoms with Crippen molar-refractivity contribution in [1.82, 2.24) is 0 Å². The largest absolute Gasteiger partial charge is 0.412 e. The molecule has 0 spiro atoms. The van der Waals surface area contributed by atoms with E-state index in [-0.39, 0.29) is 5.41 Å². The summed E-state index contributed by atoms with van der Waals surface area (Å²) in [7, 11) is -3.30. The second kappa shape index (κ2) is 6.02. The highest BCUT2D eigenvalue weighted by atomic mass is 28.4. The van der Waals surface area contributed by atoms with Gasteiger partial charge in [0.1, 0.15) is 0 Å². The topological polar surface area (TPSA) is 9.23 Å². The Balaban J connectivity index is 1.59. The molecule has 1 aromatic carbocycles. The molecule has 4 fully saturated rings. The predicted octanol–water partition coefficient (Wildman–Crippen LogP) is 5.03. The highest BCUT2D eigenvalue weighted by molar-refractivity contribution is 6.84. The molecule has 5 rings (SSSR count). The zero-order chi connectivity index (χ0) is 18.9. The van der Waals surface area contributed by atoms with Crippen LogP contribution in [0.1, 0.15) is 38.5 Å². The first-order chi connectivity index (χ1) is 12.1. The molecule has 0 unspecified atom stereocenters. The normalized spacial score (nSPS) is 33.1. The van der Waals surface area contributed by atoms with Crippen molar-refractivity contribution in [3.8, 4) is 0 Å². The Hall–Kier alpha value is -0.953. The van der Waals surface area contributed by atoms with Crippen LogP contribution in [0.3, 0.4) is 0 Å². The van der Waals surface area contributed by atoms with Crippen LogP contribution in [0, 0.1) is 52.3 Å². The zero-order valence-electron chi connectivity index (χ0n) is 15.0. The van der Waals surface area contributed by atoms with Gasteiger partial charge in [0.25, 0.3) is 0 Å². The molecule has 144 valence electrons. The molecule has 0 aromatic heterocycles. The van der Waals surface area contributed by atoms with E-state index in [9.17, 15) is 22.0 Å². The van der Waals surface area contributed by atoms with Crippen LogP contribution in [-0.2, 0) is 4.43 Å². The van der Waals surface area contributed by atoms with Crippen LogP contribution in [0.5, 0.6) is 0 Å². The number of benzene rings is 1. The summed E-state index contributed by atoms with van der Waals surface area (Å²) in [5, 5.41) is -0.751. The van der Waals surface area contributed by atoms with Crippen molar-refractivity contribution in [2.24, 2.45) is 23.2 Å². The summed E-state index contributed by atoms with van der Waals surface area (Å²) in [5.74, 6) is -7.30. The Morgan fingerprint density at radius 2 is 1.15 bits per heavy atom. The molecule has 1 aromatic rings. The third-order valence-corrected chi connectivity index (χ3v) is 9.23. The third-order valence-electron chi connectivity index (χ3n) is 6.72. The Morgan fingerprint density at radius 1 is 0.769 bits per heavy atom. The lowest BCUT2D eigenvalue weighted by atomic mass is 9.50. The molecule has 1 nitrogen and oxygen atoms in total. The summed E-state index contributed by atoms with van der Waals surface area (Å²) < 4.78 is 75.0. The minimum Gasteiger partial charge on any atom is -0.412 e. The van der Waals surface area contributed by atoms with E-state index in [0.29, 0.717) is 24.4 Å². The maximum absolute atomic E-state index is 14.2. The molecular weight excluding hydrogens is 367 g/mol. The zero-order valence-corrected chi connectivity index (χ0v) is 16.0. The number of hydrogen-bond donors (Lipinski definition) is 0. The molecule has 0 atom stereocenters. The first-order valence-corrected chi connectivity index (χ1v) is 12.2. The van der Waals surface area contributed by atoms with Crippen molar-refractivity contribution in [3.63, 3.8) is 0 Å². The molecule has 7 heteroatoms. The average Bonchev–Trinajstić information content (AvgIpc) is 2.55. The molecule has 4 saturated carbocycles. The minimum absolute atomic E-state index is 0.0170. The van der Waals surface area contributed by atoms with Crippen LogP contribution in [0.25, 0.3) is 0 Å². The van der Waals surface area contributed by atoms with Crippen molar-refractivity contribution >= 4 is 13.5 Å². The Labute approximate surface area is 151 Å². The van der Waals surface area contributed by atoms with Gasteiger partial charge in [-0.1, -0.05) is 0 Å². The molecule has 0 aliphatic heterocycles. The molecule has 0 heterocycles. The van der Waals surface area contributed by atoms with Gasteiger partial charge in [0, 0.05) is 11.8 Å². The van der Waals surface area contributed by atoms with Gasteiger partial charge in [-0.15, -0.1) is 0 Å². The smallest absolute Gasteiger partial charge is 0.224 e. The van der Waals surface area contributed by atoms with E-state index in [1.807, 2.05) is 0 Å². The summed E-state index contributed by atoms with van der Waals surface area (Å²) >= 11 is 0. The summed E-state index contributed by atoms with van der Waals surface area (Å²) in [6, 6.07) is 0.